The normalized spacial score (nSPS) is 12.8. The Morgan fingerprint density at radius 3 is 2.90 bits per heavy atom. The van der Waals surface area contributed by atoms with Crippen molar-refractivity contribution in [2.24, 2.45) is 4.99 Å². The molecule has 0 unspecified atom stereocenters. The summed E-state index contributed by atoms with van der Waals surface area (Å²) in [4.78, 5) is 8.06. The van der Waals surface area contributed by atoms with Gasteiger partial charge in [-0.3, -0.25) is 4.99 Å². The van der Waals surface area contributed by atoms with Crippen LogP contribution in [0, 0.1) is 11.6 Å². The highest BCUT2D eigenvalue weighted by molar-refractivity contribution is 7.16. The third-order valence-corrected chi connectivity index (χ3v) is 3.33. The van der Waals surface area contributed by atoms with Crippen LogP contribution in [-0.4, -0.2) is 17.2 Å². The van der Waals surface area contributed by atoms with E-state index in [4.69, 9.17) is 0 Å². The van der Waals surface area contributed by atoms with E-state index in [-0.39, 0.29) is 17.2 Å². The number of hydrogen-bond donors (Lipinski definition) is 1. The van der Waals surface area contributed by atoms with Gasteiger partial charge in [0, 0.05) is 18.0 Å². The molecule has 0 fully saturated rings. The Morgan fingerprint density at radius 2 is 2.20 bits per heavy atom. The molecule has 3 nitrogen and oxygen atoms in total. The quantitative estimate of drug-likeness (QED) is 0.850. The summed E-state index contributed by atoms with van der Waals surface area (Å²) in [5.74, 6) is -1.30. The maximum atomic E-state index is 14.2. The van der Waals surface area contributed by atoms with Crippen molar-refractivity contribution in [1.82, 2.24) is 4.98 Å². The molecule has 0 spiro atoms. The fourth-order valence-corrected chi connectivity index (χ4v) is 2.31. The number of nitrogens with zero attached hydrogens (tertiary/aromatic N) is 2. The summed E-state index contributed by atoms with van der Waals surface area (Å²) in [6, 6.07) is 1.47. The Hall–Kier alpha value is -1.82. The summed E-state index contributed by atoms with van der Waals surface area (Å²) in [7, 11) is 0. The lowest BCUT2D eigenvalue weighted by molar-refractivity contribution is 0.597. The molecule has 6 heteroatoms. The smallest absolute Gasteiger partial charge is 0.176 e. The molecular weight excluding hydrogens is 280 g/mol. The fraction of sp³-hybridized carbons (Fsp3) is 0.286. The second kappa shape index (κ2) is 6.09. The molecule has 1 aromatic heterocycles. The zero-order chi connectivity index (χ0) is 14.7. The first-order chi connectivity index (χ1) is 9.49. The average Bonchev–Trinajstić information content (AvgIpc) is 2.82. The van der Waals surface area contributed by atoms with Gasteiger partial charge in [0.2, 0.25) is 0 Å². The number of hydrogen-bond acceptors (Lipinski definition) is 4. The first-order valence-electron chi connectivity index (χ1n) is 6.17. The van der Waals surface area contributed by atoms with Crippen molar-refractivity contribution in [3.8, 4) is 0 Å². The molecule has 20 heavy (non-hydrogen) atoms. The van der Waals surface area contributed by atoms with Gasteiger partial charge in [0.25, 0.3) is 0 Å². The number of rotatable bonds is 4. The van der Waals surface area contributed by atoms with Gasteiger partial charge in [-0.1, -0.05) is 0 Å². The molecule has 0 saturated heterocycles. The Bertz CT molecular complexity index is 674. The number of benzene rings is 1. The summed E-state index contributed by atoms with van der Waals surface area (Å²) in [6.07, 6.45) is 3.29. The van der Waals surface area contributed by atoms with E-state index in [9.17, 15) is 8.78 Å². The van der Waals surface area contributed by atoms with Crippen LogP contribution in [-0.2, 0) is 0 Å². The number of halogens is 2. The van der Waals surface area contributed by atoms with Crippen molar-refractivity contribution >= 4 is 33.5 Å². The van der Waals surface area contributed by atoms with Crippen molar-refractivity contribution in [2.45, 2.75) is 26.8 Å². The van der Waals surface area contributed by atoms with Crippen molar-refractivity contribution in [1.29, 1.82) is 0 Å². The van der Waals surface area contributed by atoms with Crippen molar-refractivity contribution in [3.63, 3.8) is 0 Å². The first-order valence-corrected chi connectivity index (χ1v) is 7.05. The maximum absolute atomic E-state index is 14.2. The van der Waals surface area contributed by atoms with E-state index in [1.165, 1.54) is 22.9 Å². The number of fused-ring (bicyclic) bond motifs is 1. The Labute approximate surface area is 120 Å². The van der Waals surface area contributed by atoms with Gasteiger partial charge < -0.3 is 5.32 Å². The first kappa shape index (κ1) is 14.6. The third kappa shape index (κ3) is 3.19. The van der Waals surface area contributed by atoms with E-state index in [0.29, 0.717) is 10.4 Å². The minimum absolute atomic E-state index is 0.180. The number of aromatic nitrogens is 1. The standard InChI is InChI=1S/C14H15F2N3S/c1-8(2)17-5-4-9(3)19-13-10(15)6-11-14(12(13)16)18-7-20-11/h4-8,19H,1-3H3/b9-4+,17-5?. The van der Waals surface area contributed by atoms with Crippen molar-refractivity contribution in [2.75, 3.05) is 5.32 Å². The summed E-state index contributed by atoms with van der Waals surface area (Å²) < 4.78 is 28.5. The fourth-order valence-electron chi connectivity index (χ4n) is 1.61. The van der Waals surface area contributed by atoms with Crippen LogP contribution in [0.5, 0.6) is 0 Å². The number of anilines is 1. The Morgan fingerprint density at radius 1 is 1.45 bits per heavy atom. The monoisotopic (exact) mass is 295 g/mol. The molecule has 0 aliphatic carbocycles. The molecule has 2 aromatic rings. The Kier molecular flexibility index (Phi) is 4.44. The molecule has 0 aliphatic heterocycles. The third-order valence-electron chi connectivity index (χ3n) is 2.55. The Balaban J connectivity index is 2.29. The van der Waals surface area contributed by atoms with Gasteiger partial charge in [-0.15, -0.1) is 11.3 Å². The van der Waals surface area contributed by atoms with E-state index in [0.717, 1.165) is 0 Å². The summed E-state index contributed by atoms with van der Waals surface area (Å²) in [6.45, 7) is 5.61. The van der Waals surface area contributed by atoms with Crippen molar-refractivity contribution < 1.29 is 8.78 Å². The number of aliphatic imine (C=N–C) groups is 1. The number of nitrogens with one attached hydrogen (secondary N) is 1. The summed E-state index contributed by atoms with van der Waals surface area (Å²) >= 11 is 1.21. The molecule has 0 amide bonds. The SMILES string of the molecule is C/C(=C\C=NC(C)C)Nc1c(F)cc2scnc2c1F. The van der Waals surface area contributed by atoms with Gasteiger partial charge in [-0.25, -0.2) is 13.8 Å². The van der Waals surface area contributed by atoms with Crippen LogP contribution >= 0.6 is 11.3 Å². The van der Waals surface area contributed by atoms with Crippen LogP contribution in [0.4, 0.5) is 14.5 Å². The zero-order valence-electron chi connectivity index (χ0n) is 11.4. The number of thiazole rings is 1. The highest BCUT2D eigenvalue weighted by atomic mass is 32.1. The van der Waals surface area contributed by atoms with Crippen LogP contribution < -0.4 is 5.32 Å². The molecule has 0 radical (unpaired) electrons. The second-order valence-corrected chi connectivity index (χ2v) is 5.50. The largest absolute Gasteiger partial charge is 0.354 e. The lowest BCUT2D eigenvalue weighted by Gasteiger charge is -2.09. The van der Waals surface area contributed by atoms with Crippen LogP contribution in [0.3, 0.4) is 0 Å². The molecule has 106 valence electrons. The molecule has 1 heterocycles. The highest BCUT2D eigenvalue weighted by Gasteiger charge is 2.15. The molecule has 1 N–H and O–H groups in total. The average molecular weight is 295 g/mol. The topological polar surface area (TPSA) is 37.3 Å². The molecule has 1 aromatic carbocycles. The molecular formula is C14H15F2N3S. The van der Waals surface area contributed by atoms with Gasteiger partial charge in [0.05, 0.1) is 10.2 Å². The maximum Gasteiger partial charge on any atom is 0.176 e. The minimum Gasteiger partial charge on any atom is -0.354 e. The van der Waals surface area contributed by atoms with E-state index in [1.54, 1.807) is 19.2 Å². The van der Waals surface area contributed by atoms with Gasteiger partial charge >= 0.3 is 0 Å². The van der Waals surface area contributed by atoms with Crippen molar-refractivity contribution in [3.05, 3.63) is 35.0 Å². The van der Waals surface area contributed by atoms with E-state index < -0.39 is 11.6 Å². The van der Waals surface area contributed by atoms with Gasteiger partial charge in [-0.05, 0) is 32.9 Å². The predicted octanol–water partition coefficient (Wildman–Crippen LogP) is 4.37. The second-order valence-electron chi connectivity index (χ2n) is 4.61. The lowest BCUT2D eigenvalue weighted by Crippen LogP contribution is -2.02. The van der Waals surface area contributed by atoms with Crippen LogP contribution in [0.2, 0.25) is 0 Å². The van der Waals surface area contributed by atoms with Gasteiger partial charge in [0.15, 0.2) is 11.6 Å². The summed E-state index contributed by atoms with van der Waals surface area (Å²) in [5, 5.41) is 2.72. The predicted molar refractivity (Wildman–Crippen MR) is 80.5 cm³/mol. The van der Waals surface area contributed by atoms with Gasteiger partial charge in [0.1, 0.15) is 11.2 Å². The van der Waals surface area contributed by atoms with E-state index in [2.05, 4.69) is 15.3 Å². The van der Waals surface area contributed by atoms with E-state index in [1.807, 2.05) is 13.8 Å². The van der Waals surface area contributed by atoms with Gasteiger partial charge in [-0.2, -0.15) is 0 Å². The lowest BCUT2D eigenvalue weighted by atomic mass is 10.2. The highest BCUT2D eigenvalue weighted by Crippen LogP contribution is 2.29. The molecule has 0 bridgehead atoms. The summed E-state index contributed by atoms with van der Waals surface area (Å²) in [5.41, 5.74) is 2.09. The molecule has 0 aliphatic rings. The van der Waals surface area contributed by atoms with E-state index >= 15 is 0 Å². The minimum atomic E-state index is -0.671. The molecule has 0 atom stereocenters. The molecule has 2 rings (SSSR count). The van der Waals surface area contributed by atoms with Crippen LogP contribution in [0.25, 0.3) is 10.2 Å². The number of allylic oxidation sites excluding steroid dienone is 2. The van der Waals surface area contributed by atoms with Crippen LogP contribution in [0.1, 0.15) is 20.8 Å². The van der Waals surface area contributed by atoms with Crippen LogP contribution in [0.15, 0.2) is 28.3 Å². The molecule has 0 saturated carbocycles. The zero-order valence-corrected chi connectivity index (χ0v) is 12.3.